The molecule has 0 aromatic heterocycles. The summed E-state index contributed by atoms with van der Waals surface area (Å²) in [5.74, 6) is -0.110. The Labute approximate surface area is 160 Å². The molecule has 0 saturated heterocycles. The minimum absolute atomic E-state index is 0.110. The largest absolute Gasteiger partial charge is 0.385 e. The number of carbonyl (C=O) groups is 4. The SMILES string of the molecule is CNC(=O)CCC(C=O)N(C)Cc1c(C=O)cccc1NCCCCC=O. The molecule has 1 aromatic rings. The molecule has 1 unspecified atom stereocenters. The van der Waals surface area contributed by atoms with Crippen molar-refractivity contribution in [2.24, 2.45) is 0 Å². The number of rotatable bonds is 14. The standard InChI is InChI=1S/C20H29N3O4/c1-21-20(27)10-9-17(15-26)23(2)13-18-16(14-25)7-6-8-19(18)22-11-4-3-5-12-24/h6-8,12,14-15,17,22H,3-5,9-11,13H2,1-2H3,(H,21,27). The Morgan fingerprint density at radius 1 is 1.22 bits per heavy atom. The zero-order valence-corrected chi connectivity index (χ0v) is 16.1. The van der Waals surface area contributed by atoms with Crippen molar-refractivity contribution in [2.75, 3.05) is 26.0 Å². The number of likely N-dealkylation sites (N-methyl/N-ethyl adjacent to an activating group) is 1. The summed E-state index contributed by atoms with van der Waals surface area (Å²) >= 11 is 0. The summed E-state index contributed by atoms with van der Waals surface area (Å²) in [5, 5.41) is 5.86. The first-order valence-electron chi connectivity index (χ1n) is 9.18. The van der Waals surface area contributed by atoms with Gasteiger partial charge in [-0.3, -0.25) is 14.5 Å². The van der Waals surface area contributed by atoms with E-state index < -0.39 is 6.04 Å². The molecule has 27 heavy (non-hydrogen) atoms. The van der Waals surface area contributed by atoms with Crippen LogP contribution in [0, 0.1) is 0 Å². The molecule has 7 nitrogen and oxygen atoms in total. The maximum Gasteiger partial charge on any atom is 0.219 e. The van der Waals surface area contributed by atoms with Crippen LogP contribution in [0.1, 0.15) is 48.0 Å². The molecule has 1 amide bonds. The van der Waals surface area contributed by atoms with Crippen LogP contribution >= 0.6 is 0 Å². The van der Waals surface area contributed by atoms with Crippen LogP contribution in [-0.4, -0.2) is 56.3 Å². The zero-order valence-electron chi connectivity index (χ0n) is 16.1. The zero-order chi connectivity index (χ0) is 20.1. The molecule has 1 atom stereocenters. The fourth-order valence-electron chi connectivity index (χ4n) is 2.80. The van der Waals surface area contributed by atoms with Crippen LogP contribution in [0.2, 0.25) is 0 Å². The van der Waals surface area contributed by atoms with Gasteiger partial charge >= 0.3 is 0 Å². The first-order chi connectivity index (χ1) is 13.1. The van der Waals surface area contributed by atoms with Crippen molar-refractivity contribution in [1.29, 1.82) is 0 Å². The number of nitrogens with one attached hydrogen (secondary N) is 2. The normalized spacial score (nSPS) is 11.7. The smallest absolute Gasteiger partial charge is 0.219 e. The number of amides is 1. The third-order valence-electron chi connectivity index (χ3n) is 4.48. The molecule has 0 bridgehead atoms. The quantitative estimate of drug-likeness (QED) is 0.380. The lowest BCUT2D eigenvalue weighted by Crippen LogP contribution is -2.34. The van der Waals surface area contributed by atoms with Crippen LogP contribution in [0.4, 0.5) is 5.69 Å². The lowest BCUT2D eigenvalue weighted by molar-refractivity contribution is -0.121. The van der Waals surface area contributed by atoms with E-state index in [2.05, 4.69) is 10.6 Å². The molecule has 0 radical (unpaired) electrons. The van der Waals surface area contributed by atoms with Crippen molar-refractivity contribution in [3.63, 3.8) is 0 Å². The second-order valence-electron chi connectivity index (χ2n) is 6.41. The maximum atomic E-state index is 11.5. The molecule has 0 spiro atoms. The summed E-state index contributed by atoms with van der Waals surface area (Å²) in [6.45, 7) is 1.10. The molecule has 1 aromatic carbocycles. The van der Waals surface area contributed by atoms with Crippen LogP contribution in [0.15, 0.2) is 18.2 Å². The van der Waals surface area contributed by atoms with Crippen molar-refractivity contribution in [1.82, 2.24) is 10.2 Å². The van der Waals surface area contributed by atoms with E-state index in [1.54, 1.807) is 20.2 Å². The molecule has 0 aliphatic rings. The van der Waals surface area contributed by atoms with Gasteiger partial charge in [0.1, 0.15) is 18.9 Å². The van der Waals surface area contributed by atoms with Crippen molar-refractivity contribution >= 4 is 30.5 Å². The average Bonchev–Trinajstić information content (AvgIpc) is 2.68. The molecule has 0 fully saturated rings. The first kappa shape index (κ1) is 22.5. The van der Waals surface area contributed by atoms with Gasteiger partial charge < -0.3 is 20.2 Å². The minimum atomic E-state index is -0.414. The molecule has 148 valence electrons. The summed E-state index contributed by atoms with van der Waals surface area (Å²) in [4.78, 5) is 46.6. The highest BCUT2D eigenvalue weighted by molar-refractivity contribution is 5.81. The highest BCUT2D eigenvalue weighted by Gasteiger charge is 2.18. The first-order valence-corrected chi connectivity index (χ1v) is 9.18. The molecule has 2 N–H and O–H groups in total. The minimum Gasteiger partial charge on any atom is -0.385 e. The van der Waals surface area contributed by atoms with Gasteiger partial charge in [0, 0.05) is 44.2 Å². The van der Waals surface area contributed by atoms with E-state index in [1.165, 1.54) is 0 Å². The van der Waals surface area contributed by atoms with Gasteiger partial charge in [-0.15, -0.1) is 0 Å². The number of aldehydes is 3. The van der Waals surface area contributed by atoms with E-state index in [1.807, 2.05) is 17.0 Å². The number of nitrogens with zero attached hydrogens (tertiary/aromatic N) is 1. The fourth-order valence-corrected chi connectivity index (χ4v) is 2.80. The summed E-state index contributed by atoms with van der Waals surface area (Å²) < 4.78 is 0. The molecule has 1 rings (SSSR count). The van der Waals surface area contributed by atoms with E-state index in [0.717, 1.165) is 43.0 Å². The summed E-state index contributed by atoms with van der Waals surface area (Å²) in [5.41, 5.74) is 2.22. The summed E-state index contributed by atoms with van der Waals surface area (Å²) in [6, 6.07) is 5.04. The Bertz CT molecular complexity index is 634. The number of anilines is 1. The van der Waals surface area contributed by atoms with Gasteiger partial charge in [0.25, 0.3) is 0 Å². The van der Waals surface area contributed by atoms with Crippen molar-refractivity contribution in [3.05, 3.63) is 29.3 Å². The van der Waals surface area contributed by atoms with Gasteiger partial charge in [-0.05, 0) is 37.9 Å². The van der Waals surface area contributed by atoms with Gasteiger partial charge in [0.2, 0.25) is 5.91 Å². The number of hydrogen-bond acceptors (Lipinski definition) is 6. The van der Waals surface area contributed by atoms with E-state index in [9.17, 15) is 19.2 Å². The monoisotopic (exact) mass is 375 g/mol. The molecule has 7 heteroatoms. The Hall–Kier alpha value is -2.54. The fraction of sp³-hybridized carbons (Fsp3) is 0.500. The van der Waals surface area contributed by atoms with Gasteiger partial charge in [-0.2, -0.15) is 0 Å². The Morgan fingerprint density at radius 2 is 2.00 bits per heavy atom. The van der Waals surface area contributed by atoms with Crippen LogP contribution in [0.3, 0.4) is 0 Å². The van der Waals surface area contributed by atoms with E-state index in [-0.39, 0.29) is 12.3 Å². The summed E-state index contributed by atoms with van der Waals surface area (Å²) in [7, 11) is 3.37. The van der Waals surface area contributed by atoms with Crippen molar-refractivity contribution in [3.8, 4) is 0 Å². The van der Waals surface area contributed by atoms with Crippen molar-refractivity contribution < 1.29 is 19.2 Å². The lowest BCUT2D eigenvalue weighted by Gasteiger charge is -2.25. The topological polar surface area (TPSA) is 95.6 Å². The third-order valence-corrected chi connectivity index (χ3v) is 4.48. The van der Waals surface area contributed by atoms with Crippen LogP contribution in [0.5, 0.6) is 0 Å². The van der Waals surface area contributed by atoms with Gasteiger partial charge in [0.15, 0.2) is 0 Å². The number of carbonyl (C=O) groups excluding carboxylic acids is 4. The van der Waals surface area contributed by atoms with Crippen LogP contribution < -0.4 is 10.6 Å². The second kappa shape index (κ2) is 12.8. The van der Waals surface area contributed by atoms with Gasteiger partial charge in [0.05, 0.1) is 6.04 Å². The Kier molecular flexibility index (Phi) is 10.6. The highest BCUT2D eigenvalue weighted by atomic mass is 16.1. The lowest BCUT2D eigenvalue weighted by atomic mass is 10.0. The summed E-state index contributed by atoms with van der Waals surface area (Å²) in [6.07, 6.45) is 5.43. The molecule has 0 aliphatic heterocycles. The highest BCUT2D eigenvalue weighted by Crippen LogP contribution is 2.22. The molecular weight excluding hydrogens is 346 g/mol. The number of unbranched alkanes of at least 4 members (excludes halogenated alkanes) is 2. The van der Waals surface area contributed by atoms with Crippen LogP contribution in [-0.2, 0) is 20.9 Å². The van der Waals surface area contributed by atoms with Gasteiger partial charge in [-0.25, -0.2) is 0 Å². The van der Waals surface area contributed by atoms with E-state index in [4.69, 9.17) is 0 Å². The van der Waals surface area contributed by atoms with Crippen LogP contribution in [0.25, 0.3) is 0 Å². The molecule has 0 aliphatic carbocycles. The van der Waals surface area contributed by atoms with E-state index >= 15 is 0 Å². The van der Waals surface area contributed by atoms with E-state index in [0.29, 0.717) is 31.5 Å². The molecule has 0 saturated carbocycles. The third kappa shape index (κ3) is 7.70. The number of benzene rings is 1. The predicted octanol–water partition coefficient (Wildman–Crippen LogP) is 1.81. The second-order valence-corrected chi connectivity index (χ2v) is 6.41. The Balaban J connectivity index is 2.82. The Morgan fingerprint density at radius 3 is 2.63 bits per heavy atom. The number of hydrogen-bond donors (Lipinski definition) is 2. The molecular formula is C20H29N3O4. The maximum absolute atomic E-state index is 11.5. The average molecular weight is 375 g/mol. The molecule has 0 heterocycles. The van der Waals surface area contributed by atoms with Crippen molar-refractivity contribution in [2.45, 2.75) is 44.7 Å². The predicted molar refractivity (Wildman–Crippen MR) is 105 cm³/mol. The van der Waals surface area contributed by atoms with Gasteiger partial charge in [-0.1, -0.05) is 12.1 Å².